The van der Waals surface area contributed by atoms with E-state index in [1.54, 1.807) is 0 Å². The van der Waals surface area contributed by atoms with Crippen LogP contribution >= 0.6 is 0 Å². The number of rotatable bonds is 0. The van der Waals surface area contributed by atoms with Gasteiger partial charge in [0.05, 0.1) is 0 Å². The Labute approximate surface area is 85.5 Å². The first kappa shape index (κ1) is 22.4. The Morgan fingerprint density at radius 1 is 1.30 bits per heavy atom. The molecule has 0 saturated heterocycles. The molecule has 0 saturated carbocycles. The second-order valence-corrected chi connectivity index (χ2v) is 1.47. The van der Waals surface area contributed by atoms with E-state index in [2.05, 4.69) is 25.2 Å². The summed E-state index contributed by atoms with van der Waals surface area (Å²) in [6.45, 7) is 2.06. The minimum Gasteiger partial charge on any atom is -0.358 e. The van der Waals surface area contributed by atoms with Crippen LogP contribution in [0.4, 0.5) is 0 Å². The average Bonchev–Trinajstić information content (AvgIpc) is 1.86. The van der Waals surface area contributed by atoms with Crippen LogP contribution in [0.1, 0.15) is 13.3 Å². The second-order valence-electron chi connectivity index (χ2n) is 1.47. The minimum atomic E-state index is 0. The Morgan fingerprint density at radius 2 is 1.80 bits per heavy atom. The third-order valence-corrected chi connectivity index (χ3v) is 0.867. The van der Waals surface area contributed by atoms with Crippen molar-refractivity contribution in [3.8, 4) is 0 Å². The molecule has 0 nitrogen and oxygen atoms in total. The van der Waals surface area contributed by atoms with Crippen molar-refractivity contribution in [3.63, 3.8) is 0 Å². The fraction of sp³-hybridized carbons (Fsp3) is 0.222. The van der Waals surface area contributed by atoms with Crippen molar-refractivity contribution < 1.29 is 26.2 Å². The first-order valence-electron chi connectivity index (χ1n) is 2.13. The van der Waals surface area contributed by atoms with Gasteiger partial charge in [-0.15, -0.1) is 6.42 Å². The molecule has 1 aliphatic carbocycles. The summed E-state index contributed by atoms with van der Waals surface area (Å²) in [5.41, 5.74) is 1.27. The van der Waals surface area contributed by atoms with E-state index in [-0.39, 0.29) is 48.5 Å². The van der Waals surface area contributed by atoms with Crippen LogP contribution in [0.3, 0.4) is 0 Å². The van der Waals surface area contributed by atoms with Crippen molar-refractivity contribution in [3.05, 3.63) is 46.1 Å². The van der Waals surface area contributed by atoms with Gasteiger partial charge in [0, 0.05) is 0 Å². The van der Waals surface area contributed by atoms with Crippen molar-refractivity contribution in [1.29, 1.82) is 0 Å². The smallest absolute Gasteiger partial charge is 0.358 e. The van der Waals surface area contributed by atoms with Crippen LogP contribution in [-0.2, 0) is 26.2 Å². The number of hydrogen-bond acceptors (Lipinski definition) is 0. The minimum absolute atomic E-state index is 0. The van der Waals surface area contributed by atoms with Crippen LogP contribution in [0.5, 0.6) is 0 Å². The van der Waals surface area contributed by atoms with E-state index in [1.165, 1.54) is 5.57 Å². The van der Waals surface area contributed by atoms with Crippen LogP contribution in [-0.4, -0.2) is 0 Å². The molecule has 0 aromatic carbocycles. The zero-order chi connectivity index (χ0) is 4.41. The summed E-state index contributed by atoms with van der Waals surface area (Å²) in [6, 6.07) is 0. The fourth-order valence-corrected chi connectivity index (χ4v) is 0.515. The van der Waals surface area contributed by atoms with Crippen LogP contribution in [0.15, 0.2) is 17.7 Å². The maximum Gasteiger partial charge on any atom is 4.00 e. The van der Waals surface area contributed by atoms with E-state index in [0.717, 1.165) is 6.42 Å². The molecule has 0 atom stereocenters. The predicted octanol–water partition coefficient (Wildman–Crippen LogP) is 3.04. The predicted molar refractivity (Wildman–Crippen MR) is 45.4 cm³/mol. The molecule has 0 radical (unpaired) electrons. The van der Waals surface area contributed by atoms with Gasteiger partial charge in [-0.25, -0.2) is 11.6 Å². The SMILES string of the molecule is CC1=[C-]CC=C1.[CH3-].[CH3-].[CH3-].[Zr+4]. The van der Waals surface area contributed by atoms with Gasteiger partial charge in [0.1, 0.15) is 0 Å². The van der Waals surface area contributed by atoms with Gasteiger partial charge in [0.2, 0.25) is 0 Å². The molecule has 10 heavy (non-hydrogen) atoms. The Morgan fingerprint density at radius 3 is 1.90 bits per heavy atom. The monoisotopic (exact) mass is 214 g/mol. The maximum atomic E-state index is 3.12. The maximum absolute atomic E-state index is 3.12. The average molecular weight is 215 g/mol. The molecule has 0 bridgehead atoms. The third-order valence-electron chi connectivity index (χ3n) is 0.867. The summed E-state index contributed by atoms with van der Waals surface area (Å²) < 4.78 is 0. The number of allylic oxidation sites excluding steroid dienone is 4. The largest absolute Gasteiger partial charge is 4.00 e. The van der Waals surface area contributed by atoms with Crippen molar-refractivity contribution in [2.45, 2.75) is 13.3 Å². The van der Waals surface area contributed by atoms with Crippen LogP contribution < -0.4 is 0 Å². The Hall–Kier alpha value is 0.363. The van der Waals surface area contributed by atoms with Gasteiger partial charge >= 0.3 is 26.2 Å². The summed E-state index contributed by atoms with van der Waals surface area (Å²) in [5, 5.41) is 0. The molecule has 0 spiro atoms. The molecule has 1 aliphatic rings. The molecule has 0 fully saturated rings. The second kappa shape index (κ2) is 12.1. The normalized spacial score (nSPS) is 11.1. The summed E-state index contributed by atoms with van der Waals surface area (Å²) in [7, 11) is 0. The van der Waals surface area contributed by atoms with E-state index < -0.39 is 0 Å². The standard InChI is InChI=1S/C6H7.3CH3.Zr/c1-6-4-2-3-5-6;;;;/h2,4H,3H2,1H3;3*1H3;/q4*-1;+4. The molecule has 0 N–H and O–H groups in total. The van der Waals surface area contributed by atoms with E-state index in [4.69, 9.17) is 0 Å². The van der Waals surface area contributed by atoms with Gasteiger partial charge < -0.3 is 22.3 Å². The number of hydrogen-bond donors (Lipinski definition) is 0. The van der Waals surface area contributed by atoms with E-state index in [9.17, 15) is 0 Å². The molecular formula is C9H16Zr. The van der Waals surface area contributed by atoms with E-state index in [0.29, 0.717) is 0 Å². The summed E-state index contributed by atoms with van der Waals surface area (Å²) in [6.07, 6.45) is 8.33. The van der Waals surface area contributed by atoms with Crippen molar-refractivity contribution in [1.82, 2.24) is 0 Å². The summed E-state index contributed by atoms with van der Waals surface area (Å²) in [5.74, 6) is 0. The molecule has 0 aliphatic heterocycles. The molecule has 0 heterocycles. The zero-order valence-electron chi connectivity index (χ0n) is 7.36. The van der Waals surface area contributed by atoms with Gasteiger partial charge in [0.15, 0.2) is 0 Å². The quantitative estimate of drug-likeness (QED) is 0.545. The Kier molecular flexibility index (Phi) is 27.1. The Balaban J connectivity index is -0.0000000450. The van der Waals surface area contributed by atoms with Crippen LogP contribution in [0.25, 0.3) is 0 Å². The summed E-state index contributed by atoms with van der Waals surface area (Å²) >= 11 is 0. The molecule has 0 unspecified atom stereocenters. The van der Waals surface area contributed by atoms with Crippen molar-refractivity contribution in [2.24, 2.45) is 0 Å². The Bertz CT molecular complexity index is 98.5. The van der Waals surface area contributed by atoms with Crippen molar-refractivity contribution >= 4 is 0 Å². The van der Waals surface area contributed by atoms with Crippen molar-refractivity contribution in [2.75, 3.05) is 0 Å². The molecule has 0 aromatic heterocycles. The van der Waals surface area contributed by atoms with Gasteiger partial charge in [-0.2, -0.15) is 6.08 Å². The molecular weight excluding hydrogens is 199 g/mol. The van der Waals surface area contributed by atoms with Crippen LogP contribution in [0, 0.1) is 28.4 Å². The molecule has 1 heteroatoms. The third kappa shape index (κ3) is 8.36. The van der Waals surface area contributed by atoms with Gasteiger partial charge in [-0.3, -0.25) is 6.08 Å². The molecule has 1 rings (SSSR count). The molecule has 56 valence electrons. The zero-order valence-corrected chi connectivity index (χ0v) is 9.82. The molecule has 0 aromatic rings. The first-order chi connectivity index (χ1) is 2.89. The van der Waals surface area contributed by atoms with Crippen LogP contribution in [0.2, 0.25) is 0 Å². The first-order valence-corrected chi connectivity index (χ1v) is 2.13. The molecule has 0 amide bonds. The summed E-state index contributed by atoms with van der Waals surface area (Å²) in [4.78, 5) is 0. The fourth-order valence-electron chi connectivity index (χ4n) is 0.515. The van der Waals surface area contributed by atoms with E-state index >= 15 is 0 Å². The van der Waals surface area contributed by atoms with Gasteiger partial charge in [-0.05, 0) is 0 Å². The van der Waals surface area contributed by atoms with E-state index in [1.807, 2.05) is 0 Å². The van der Waals surface area contributed by atoms with Gasteiger partial charge in [-0.1, -0.05) is 6.92 Å². The topological polar surface area (TPSA) is 0 Å². The van der Waals surface area contributed by atoms with Gasteiger partial charge in [0.25, 0.3) is 0 Å².